The lowest BCUT2D eigenvalue weighted by atomic mass is 9.98. The van der Waals surface area contributed by atoms with Crippen LogP contribution in [0.2, 0.25) is 0 Å². The number of esters is 1. The number of amides is 1. The third-order valence-corrected chi connectivity index (χ3v) is 3.44. The molecule has 1 aromatic carbocycles. The molecule has 0 spiro atoms. The molecule has 0 N–H and O–H groups in total. The number of benzene rings is 1. The summed E-state index contributed by atoms with van der Waals surface area (Å²) in [6, 6.07) is 9.11. The Morgan fingerprint density at radius 1 is 1.21 bits per heavy atom. The minimum absolute atomic E-state index is 0.0547. The molecule has 19 heavy (non-hydrogen) atoms. The maximum atomic E-state index is 12.2. The summed E-state index contributed by atoms with van der Waals surface area (Å²) in [5, 5.41) is 0. The first-order chi connectivity index (χ1) is 9.00. The molecular formula is C15H19NO3. The molecule has 0 saturated carbocycles. The molecule has 2 atom stereocenters. The summed E-state index contributed by atoms with van der Waals surface area (Å²) in [7, 11) is 1.67. The second-order valence-corrected chi connectivity index (χ2v) is 5.25. The highest BCUT2D eigenvalue weighted by atomic mass is 16.6. The van der Waals surface area contributed by atoms with Crippen LogP contribution in [0.4, 0.5) is 0 Å². The standard InChI is InChI=1S/C15H19NO3/c1-10(2)13-15(18)19-12(14(17)16(13)3)9-11-7-5-4-6-8-11/h4-8,10,12-13H,9H2,1-3H3/t12-,13+/m1/s1. The van der Waals surface area contributed by atoms with Crippen molar-refractivity contribution in [2.45, 2.75) is 32.4 Å². The molecule has 0 aliphatic carbocycles. The first-order valence-corrected chi connectivity index (χ1v) is 6.51. The fourth-order valence-electron chi connectivity index (χ4n) is 2.46. The number of likely N-dealkylation sites (N-methyl/N-ethyl adjacent to an activating group) is 1. The number of hydrogen-bond acceptors (Lipinski definition) is 3. The lowest BCUT2D eigenvalue weighted by molar-refractivity contribution is -0.178. The Kier molecular flexibility index (Phi) is 3.88. The Bertz CT molecular complexity index is 470. The third-order valence-electron chi connectivity index (χ3n) is 3.44. The first kappa shape index (κ1) is 13.6. The molecule has 0 bridgehead atoms. The molecule has 1 aliphatic rings. The van der Waals surface area contributed by atoms with E-state index in [1.807, 2.05) is 44.2 Å². The third kappa shape index (κ3) is 2.78. The van der Waals surface area contributed by atoms with E-state index in [9.17, 15) is 9.59 Å². The van der Waals surface area contributed by atoms with E-state index in [1.54, 1.807) is 7.05 Å². The number of ether oxygens (including phenoxy) is 1. The average molecular weight is 261 g/mol. The van der Waals surface area contributed by atoms with Crippen molar-refractivity contribution in [1.82, 2.24) is 4.90 Å². The largest absolute Gasteiger partial charge is 0.450 e. The van der Waals surface area contributed by atoms with Crippen LogP contribution in [0.15, 0.2) is 30.3 Å². The lowest BCUT2D eigenvalue weighted by Crippen LogP contribution is -2.57. The van der Waals surface area contributed by atoms with Gasteiger partial charge in [0.2, 0.25) is 0 Å². The van der Waals surface area contributed by atoms with Gasteiger partial charge in [-0.2, -0.15) is 0 Å². The molecule has 0 radical (unpaired) electrons. The Balaban J connectivity index is 2.13. The molecule has 1 heterocycles. The van der Waals surface area contributed by atoms with Crippen LogP contribution in [0, 0.1) is 5.92 Å². The Labute approximate surface area is 113 Å². The minimum atomic E-state index is -0.699. The van der Waals surface area contributed by atoms with E-state index in [0.29, 0.717) is 6.42 Å². The molecule has 2 rings (SSSR count). The van der Waals surface area contributed by atoms with Gasteiger partial charge >= 0.3 is 5.97 Å². The number of nitrogens with zero attached hydrogens (tertiary/aromatic N) is 1. The van der Waals surface area contributed by atoms with E-state index in [0.717, 1.165) is 5.56 Å². The number of carbonyl (C=O) groups excluding carboxylic acids is 2. The predicted octanol–water partition coefficient (Wildman–Crippen LogP) is 1.64. The van der Waals surface area contributed by atoms with Crippen molar-refractivity contribution in [1.29, 1.82) is 0 Å². The second-order valence-electron chi connectivity index (χ2n) is 5.25. The summed E-state index contributed by atoms with van der Waals surface area (Å²) in [5.41, 5.74) is 0.991. The molecule has 1 amide bonds. The van der Waals surface area contributed by atoms with Crippen LogP contribution in [0.5, 0.6) is 0 Å². The monoisotopic (exact) mass is 261 g/mol. The summed E-state index contributed by atoms with van der Waals surface area (Å²) < 4.78 is 5.32. The molecule has 102 valence electrons. The van der Waals surface area contributed by atoms with Gasteiger partial charge in [-0.3, -0.25) is 4.79 Å². The van der Waals surface area contributed by atoms with Gasteiger partial charge in [-0.25, -0.2) is 4.79 Å². The molecule has 0 aromatic heterocycles. The zero-order chi connectivity index (χ0) is 14.0. The molecular weight excluding hydrogens is 242 g/mol. The van der Waals surface area contributed by atoms with Crippen LogP contribution in [-0.2, 0) is 20.7 Å². The van der Waals surface area contributed by atoms with E-state index in [1.165, 1.54) is 4.90 Å². The second kappa shape index (κ2) is 5.43. The number of morpholine rings is 1. The van der Waals surface area contributed by atoms with Gasteiger partial charge in [0.15, 0.2) is 6.10 Å². The number of carbonyl (C=O) groups is 2. The molecule has 4 nitrogen and oxygen atoms in total. The molecule has 1 aromatic rings. The van der Waals surface area contributed by atoms with Gasteiger partial charge < -0.3 is 9.64 Å². The Morgan fingerprint density at radius 3 is 2.42 bits per heavy atom. The van der Waals surface area contributed by atoms with Crippen LogP contribution in [-0.4, -0.2) is 36.0 Å². The first-order valence-electron chi connectivity index (χ1n) is 6.51. The quantitative estimate of drug-likeness (QED) is 0.777. The summed E-state index contributed by atoms with van der Waals surface area (Å²) in [6.45, 7) is 3.82. The topological polar surface area (TPSA) is 46.6 Å². The van der Waals surface area contributed by atoms with Crippen molar-refractivity contribution in [3.8, 4) is 0 Å². The highest BCUT2D eigenvalue weighted by Gasteiger charge is 2.41. The van der Waals surface area contributed by atoms with Crippen LogP contribution in [0.1, 0.15) is 19.4 Å². The van der Waals surface area contributed by atoms with Crippen molar-refractivity contribution in [3.05, 3.63) is 35.9 Å². The fraction of sp³-hybridized carbons (Fsp3) is 0.467. The molecule has 1 fully saturated rings. The highest BCUT2D eigenvalue weighted by Crippen LogP contribution is 2.21. The van der Waals surface area contributed by atoms with Gasteiger partial charge in [0.25, 0.3) is 5.91 Å². The summed E-state index contributed by atoms with van der Waals surface area (Å²) in [5.74, 6) is -0.376. The highest BCUT2D eigenvalue weighted by molar-refractivity contribution is 5.92. The van der Waals surface area contributed by atoms with Crippen molar-refractivity contribution < 1.29 is 14.3 Å². The number of hydrogen-bond donors (Lipinski definition) is 0. The minimum Gasteiger partial charge on any atom is -0.450 e. The van der Waals surface area contributed by atoms with E-state index in [4.69, 9.17) is 4.74 Å². The molecule has 1 aliphatic heterocycles. The smallest absolute Gasteiger partial charge is 0.329 e. The fourth-order valence-corrected chi connectivity index (χ4v) is 2.46. The van der Waals surface area contributed by atoms with Gasteiger partial charge in [-0.15, -0.1) is 0 Å². The van der Waals surface area contributed by atoms with Gasteiger partial charge in [-0.05, 0) is 11.5 Å². The lowest BCUT2D eigenvalue weighted by Gasteiger charge is -2.37. The van der Waals surface area contributed by atoms with Gasteiger partial charge in [-0.1, -0.05) is 44.2 Å². The van der Waals surface area contributed by atoms with Gasteiger partial charge in [0.05, 0.1) is 0 Å². The zero-order valence-corrected chi connectivity index (χ0v) is 11.5. The van der Waals surface area contributed by atoms with Crippen LogP contribution in [0.3, 0.4) is 0 Å². The van der Waals surface area contributed by atoms with E-state index in [2.05, 4.69) is 0 Å². The molecule has 0 unspecified atom stereocenters. The van der Waals surface area contributed by atoms with Crippen molar-refractivity contribution in [2.24, 2.45) is 5.92 Å². The predicted molar refractivity (Wildman–Crippen MR) is 71.4 cm³/mol. The van der Waals surface area contributed by atoms with Crippen molar-refractivity contribution in [3.63, 3.8) is 0 Å². The van der Waals surface area contributed by atoms with E-state index in [-0.39, 0.29) is 17.8 Å². The molecule has 4 heteroatoms. The SMILES string of the molecule is CC(C)[C@H]1C(=O)O[C@H](Cc2ccccc2)C(=O)N1C. The zero-order valence-electron chi connectivity index (χ0n) is 11.5. The van der Waals surface area contributed by atoms with E-state index < -0.39 is 12.1 Å². The summed E-state index contributed by atoms with van der Waals surface area (Å²) >= 11 is 0. The van der Waals surface area contributed by atoms with Crippen molar-refractivity contribution in [2.75, 3.05) is 7.05 Å². The average Bonchev–Trinajstić information content (AvgIpc) is 2.36. The van der Waals surface area contributed by atoms with Crippen molar-refractivity contribution >= 4 is 11.9 Å². The maximum absolute atomic E-state index is 12.2. The maximum Gasteiger partial charge on any atom is 0.329 e. The Morgan fingerprint density at radius 2 is 1.84 bits per heavy atom. The van der Waals surface area contributed by atoms with Crippen LogP contribution < -0.4 is 0 Å². The molecule has 1 saturated heterocycles. The summed E-state index contributed by atoms with van der Waals surface area (Å²) in [4.78, 5) is 25.7. The van der Waals surface area contributed by atoms with Crippen LogP contribution in [0.25, 0.3) is 0 Å². The van der Waals surface area contributed by atoms with Gasteiger partial charge in [0, 0.05) is 13.5 Å². The van der Waals surface area contributed by atoms with Gasteiger partial charge in [0.1, 0.15) is 6.04 Å². The van der Waals surface area contributed by atoms with Crippen LogP contribution >= 0.6 is 0 Å². The number of rotatable bonds is 3. The number of cyclic esters (lactones) is 1. The summed E-state index contributed by atoms with van der Waals surface area (Å²) in [6.07, 6.45) is -0.268. The van der Waals surface area contributed by atoms with E-state index >= 15 is 0 Å². The normalized spacial score (nSPS) is 23.7. The Hall–Kier alpha value is -1.84.